The van der Waals surface area contributed by atoms with Crippen LogP contribution in [0, 0.1) is 0 Å². The first-order chi connectivity index (χ1) is 9.19. The highest BCUT2D eigenvalue weighted by molar-refractivity contribution is 5.75. The summed E-state index contributed by atoms with van der Waals surface area (Å²) in [5.74, 6) is 0.554. The summed E-state index contributed by atoms with van der Waals surface area (Å²) in [4.78, 5) is 11.5. The van der Waals surface area contributed by atoms with Crippen molar-refractivity contribution in [2.75, 3.05) is 13.2 Å². The van der Waals surface area contributed by atoms with Gasteiger partial charge in [0, 0.05) is 12.1 Å². The Morgan fingerprint density at radius 1 is 1.47 bits per heavy atom. The molecule has 0 aliphatic heterocycles. The molecule has 1 atom stereocenters. The number of carbonyl (C=O) groups excluding carboxylic acids is 1. The molecule has 0 aliphatic rings. The highest BCUT2D eigenvalue weighted by Crippen LogP contribution is 2.17. The molecule has 0 bridgehead atoms. The molecule has 0 aliphatic carbocycles. The molecule has 104 valence electrons. The summed E-state index contributed by atoms with van der Waals surface area (Å²) in [7, 11) is 0. The van der Waals surface area contributed by atoms with Gasteiger partial charge in [0.1, 0.15) is 18.4 Å². The topological polar surface area (TPSA) is 47.6 Å². The van der Waals surface area contributed by atoms with Gasteiger partial charge in [-0.25, -0.2) is 0 Å². The molecule has 0 fully saturated rings. The van der Waals surface area contributed by atoms with Crippen molar-refractivity contribution >= 4 is 5.97 Å². The fourth-order valence-corrected chi connectivity index (χ4v) is 1.55. The molecule has 0 heterocycles. The fraction of sp³-hybridized carbons (Fsp3) is 0.400. The van der Waals surface area contributed by atoms with Crippen molar-refractivity contribution in [3.63, 3.8) is 0 Å². The summed E-state index contributed by atoms with van der Waals surface area (Å²) in [6, 6.07) is 7.37. The van der Waals surface area contributed by atoms with Gasteiger partial charge in [-0.2, -0.15) is 0 Å². The second-order valence-corrected chi connectivity index (χ2v) is 4.06. The molecule has 1 aromatic rings. The fourth-order valence-electron chi connectivity index (χ4n) is 1.55. The van der Waals surface area contributed by atoms with E-state index < -0.39 is 0 Å². The van der Waals surface area contributed by atoms with Gasteiger partial charge in [-0.1, -0.05) is 30.9 Å². The predicted octanol–water partition coefficient (Wildman–Crippen LogP) is 2.29. The maximum Gasteiger partial charge on any atom is 0.322 e. The molecule has 1 N–H and O–H groups in total. The smallest absolute Gasteiger partial charge is 0.322 e. The number of hydrogen-bond acceptors (Lipinski definition) is 4. The van der Waals surface area contributed by atoms with Crippen LogP contribution in [0.2, 0.25) is 0 Å². The summed E-state index contributed by atoms with van der Waals surface area (Å²) < 4.78 is 10.5. The van der Waals surface area contributed by atoms with E-state index >= 15 is 0 Å². The number of benzene rings is 1. The van der Waals surface area contributed by atoms with E-state index in [2.05, 4.69) is 11.9 Å². The predicted molar refractivity (Wildman–Crippen MR) is 75.1 cm³/mol. The van der Waals surface area contributed by atoms with Crippen LogP contribution in [0.15, 0.2) is 36.9 Å². The number of hydrogen-bond donors (Lipinski definition) is 1. The number of para-hydroxylation sites is 1. The molecule has 1 rings (SSSR count). The standard InChI is InChI=1S/C15H21NO3/c1-4-10-19-14-9-7-6-8-13(14)11-16-12(3)15(17)18-5-2/h4,6-9,12,16H,1,5,10-11H2,2-3H3. The van der Waals surface area contributed by atoms with Crippen LogP contribution in [0.1, 0.15) is 19.4 Å². The quantitative estimate of drug-likeness (QED) is 0.577. The van der Waals surface area contributed by atoms with Crippen molar-refractivity contribution < 1.29 is 14.3 Å². The van der Waals surface area contributed by atoms with E-state index in [1.165, 1.54) is 0 Å². The van der Waals surface area contributed by atoms with Gasteiger partial charge >= 0.3 is 5.97 Å². The lowest BCUT2D eigenvalue weighted by molar-refractivity contribution is -0.145. The molecule has 0 saturated carbocycles. The van der Waals surface area contributed by atoms with Gasteiger partial charge in [0.15, 0.2) is 0 Å². The lowest BCUT2D eigenvalue weighted by Gasteiger charge is -2.14. The molecule has 0 aromatic heterocycles. The Morgan fingerprint density at radius 3 is 2.89 bits per heavy atom. The minimum Gasteiger partial charge on any atom is -0.489 e. The summed E-state index contributed by atoms with van der Waals surface area (Å²) in [6.07, 6.45) is 1.70. The number of ether oxygens (including phenoxy) is 2. The molecule has 1 unspecified atom stereocenters. The summed E-state index contributed by atoms with van der Waals surface area (Å²) in [5.41, 5.74) is 1.00. The van der Waals surface area contributed by atoms with Crippen LogP contribution in [-0.4, -0.2) is 25.2 Å². The van der Waals surface area contributed by atoms with E-state index in [1.807, 2.05) is 24.3 Å². The van der Waals surface area contributed by atoms with Crippen LogP contribution in [-0.2, 0) is 16.1 Å². The van der Waals surface area contributed by atoms with Crippen LogP contribution in [0.4, 0.5) is 0 Å². The Hall–Kier alpha value is -1.81. The second kappa shape index (κ2) is 8.32. The monoisotopic (exact) mass is 263 g/mol. The van der Waals surface area contributed by atoms with E-state index in [0.29, 0.717) is 19.8 Å². The van der Waals surface area contributed by atoms with Gasteiger partial charge in [0.2, 0.25) is 0 Å². The largest absolute Gasteiger partial charge is 0.489 e. The van der Waals surface area contributed by atoms with E-state index in [0.717, 1.165) is 11.3 Å². The Morgan fingerprint density at radius 2 is 2.21 bits per heavy atom. The first kappa shape index (κ1) is 15.2. The third kappa shape index (κ3) is 5.14. The maximum atomic E-state index is 11.5. The molecule has 1 aromatic carbocycles. The molecule has 4 nitrogen and oxygen atoms in total. The van der Waals surface area contributed by atoms with E-state index in [1.54, 1.807) is 19.9 Å². The summed E-state index contributed by atoms with van der Waals surface area (Å²) in [6.45, 7) is 8.60. The van der Waals surface area contributed by atoms with Crippen LogP contribution < -0.4 is 10.1 Å². The lowest BCUT2D eigenvalue weighted by Crippen LogP contribution is -2.35. The van der Waals surface area contributed by atoms with Gasteiger partial charge in [-0.15, -0.1) is 0 Å². The minimum atomic E-state index is -0.340. The Balaban J connectivity index is 2.56. The zero-order valence-corrected chi connectivity index (χ0v) is 11.5. The van der Waals surface area contributed by atoms with Crippen LogP contribution in [0.25, 0.3) is 0 Å². The highest BCUT2D eigenvalue weighted by Gasteiger charge is 2.13. The van der Waals surface area contributed by atoms with Gasteiger partial charge in [0.05, 0.1) is 6.61 Å². The van der Waals surface area contributed by atoms with E-state index in [9.17, 15) is 4.79 Å². The Kier molecular flexibility index (Phi) is 6.68. The molecule has 0 amide bonds. The van der Waals surface area contributed by atoms with E-state index in [-0.39, 0.29) is 12.0 Å². The van der Waals surface area contributed by atoms with Crippen molar-refractivity contribution in [1.82, 2.24) is 5.32 Å². The molecular weight excluding hydrogens is 242 g/mol. The number of carbonyl (C=O) groups is 1. The van der Waals surface area contributed by atoms with Crippen LogP contribution in [0.3, 0.4) is 0 Å². The van der Waals surface area contributed by atoms with Gasteiger partial charge in [-0.3, -0.25) is 4.79 Å². The van der Waals surface area contributed by atoms with Crippen LogP contribution >= 0.6 is 0 Å². The first-order valence-corrected chi connectivity index (χ1v) is 6.40. The third-order valence-corrected chi connectivity index (χ3v) is 2.57. The normalized spacial score (nSPS) is 11.7. The van der Waals surface area contributed by atoms with Crippen molar-refractivity contribution in [2.45, 2.75) is 26.4 Å². The van der Waals surface area contributed by atoms with Crippen molar-refractivity contribution in [3.05, 3.63) is 42.5 Å². The highest BCUT2D eigenvalue weighted by atomic mass is 16.5. The Bertz CT molecular complexity index is 418. The zero-order valence-electron chi connectivity index (χ0n) is 11.5. The average Bonchev–Trinajstić information content (AvgIpc) is 2.43. The van der Waals surface area contributed by atoms with Crippen molar-refractivity contribution in [1.29, 1.82) is 0 Å². The molecule has 19 heavy (non-hydrogen) atoms. The number of rotatable bonds is 8. The SMILES string of the molecule is C=CCOc1ccccc1CNC(C)C(=O)OCC. The molecule has 4 heteroatoms. The second-order valence-electron chi connectivity index (χ2n) is 4.06. The number of esters is 1. The summed E-state index contributed by atoms with van der Waals surface area (Å²) in [5, 5.41) is 3.12. The van der Waals surface area contributed by atoms with Gasteiger partial charge in [-0.05, 0) is 19.9 Å². The van der Waals surface area contributed by atoms with Crippen molar-refractivity contribution in [2.24, 2.45) is 0 Å². The minimum absolute atomic E-state index is 0.244. The summed E-state index contributed by atoms with van der Waals surface area (Å²) >= 11 is 0. The number of nitrogens with one attached hydrogen (secondary N) is 1. The lowest BCUT2D eigenvalue weighted by atomic mass is 10.2. The Labute approximate surface area is 114 Å². The van der Waals surface area contributed by atoms with Crippen LogP contribution in [0.5, 0.6) is 5.75 Å². The van der Waals surface area contributed by atoms with Gasteiger partial charge < -0.3 is 14.8 Å². The molecule has 0 spiro atoms. The first-order valence-electron chi connectivity index (χ1n) is 6.40. The third-order valence-electron chi connectivity index (χ3n) is 2.57. The zero-order chi connectivity index (χ0) is 14.1. The van der Waals surface area contributed by atoms with Gasteiger partial charge in [0.25, 0.3) is 0 Å². The average molecular weight is 263 g/mol. The van der Waals surface area contributed by atoms with Crippen molar-refractivity contribution in [3.8, 4) is 5.75 Å². The maximum absolute atomic E-state index is 11.5. The molecule has 0 radical (unpaired) electrons. The molecule has 0 saturated heterocycles. The van der Waals surface area contributed by atoms with E-state index in [4.69, 9.17) is 9.47 Å². The molecular formula is C15H21NO3.